The molecule has 0 atom stereocenters. The number of halogens is 3. The van der Waals surface area contributed by atoms with Gasteiger partial charge < -0.3 is 20.3 Å². The predicted molar refractivity (Wildman–Crippen MR) is 101 cm³/mol. The van der Waals surface area contributed by atoms with Gasteiger partial charge in [0, 0.05) is 25.5 Å². The minimum atomic E-state index is -4.57. The summed E-state index contributed by atoms with van der Waals surface area (Å²) in [5.74, 6) is 0.0869. The summed E-state index contributed by atoms with van der Waals surface area (Å²) in [5.41, 5.74) is -0.684. The number of rotatable bonds is 5. The van der Waals surface area contributed by atoms with Crippen LogP contribution >= 0.6 is 11.3 Å². The van der Waals surface area contributed by atoms with Gasteiger partial charge in [-0.1, -0.05) is 0 Å². The summed E-state index contributed by atoms with van der Waals surface area (Å²) in [4.78, 5) is 29.7. The lowest BCUT2D eigenvalue weighted by molar-refractivity contribution is -0.136. The van der Waals surface area contributed by atoms with Gasteiger partial charge in [-0.05, 0) is 24.8 Å². The van der Waals surface area contributed by atoms with Crippen molar-refractivity contribution in [2.24, 2.45) is 5.92 Å². The zero-order chi connectivity index (χ0) is 20.8. The second-order valence-corrected chi connectivity index (χ2v) is 8.10. The van der Waals surface area contributed by atoms with E-state index in [9.17, 15) is 22.8 Å². The van der Waals surface area contributed by atoms with Crippen molar-refractivity contribution in [1.82, 2.24) is 15.6 Å². The quantitative estimate of drug-likeness (QED) is 0.765. The number of aromatic nitrogens is 1. The molecule has 2 fully saturated rings. The Morgan fingerprint density at radius 1 is 1.34 bits per heavy atom. The van der Waals surface area contributed by atoms with Crippen molar-refractivity contribution in [1.29, 1.82) is 0 Å². The highest BCUT2D eigenvalue weighted by Gasteiger charge is 2.37. The molecule has 156 valence electrons. The molecule has 7 nitrogen and oxygen atoms in total. The van der Waals surface area contributed by atoms with Crippen molar-refractivity contribution in [3.05, 3.63) is 22.6 Å². The van der Waals surface area contributed by atoms with Crippen LogP contribution in [0, 0.1) is 5.92 Å². The van der Waals surface area contributed by atoms with E-state index in [-0.39, 0.29) is 27.6 Å². The van der Waals surface area contributed by atoms with E-state index in [0.717, 1.165) is 30.2 Å². The Morgan fingerprint density at radius 3 is 2.69 bits per heavy atom. The maximum Gasteiger partial charge on any atom is 0.417 e. The number of anilines is 1. The van der Waals surface area contributed by atoms with Crippen molar-refractivity contribution >= 4 is 39.4 Å². The van der Waals surface area contributed by atoms with Crippen LogP contribution in [0.3, 0.4) is 0 Å². The highest BCUT2D eigenvalue weighted by molar-refractivity contribution is 7.17. The Hall–Kier alpha value is -2.56. The molecule has 0 radical (unpaired) electrons. The molecule has 0 spiro atoms. The molecule has 0 bridgehead atoms. The SMILES string of the molecule is CNC(=O)c1csc2c(C(F)(F)F)cc(N3CC(NC(=O)OCC4CC4)C3)nc12. The molecule has 2 aromatic rings. The number of pyridine rings is 1. The molecule has 2 amide bonds. The number of ether oxygens (including phenoxy) is 1. The van der Waals surface area contributed by atoms with Crippen molar-refractivity contribution in [2.75, 3.05) is 31.6 Å². The lowest BCUT2D eigenvalue weighted by atomic mass is 10.1. The van der Waals surface area contributed by atoms with Gasteiger partial charge in [-0.3, -0.25) is 4.79 Å². The molecule has 1 saturated heterocycles. The number of carbonyl (C=O) groups excluding carboxylic acids is 2. The average Bonchev–Trinajstić information content (AvgIpc) is 3.37. The second-order valence-electron chi connectivity index (χ2n) is 7.22. The summed E-state index contributed by atoms with van der Waals surface area (Å²) in [5, 5.41) is 6.50. The van der Waals surface area contributed by atoms with Crippen molar-refractivity contribution < 1.29 is 27.5 Å². The Kier molecular flexibility index (Phi) is 5.01. The fraction of sp³-hybridized carbons (Fsp3) is 0.500. The van der Waals surface area contributed by atoms with Crippen LogP contribution in [0.4, 0.5) is 23.8 Å². The Morgan fingerprint density at radius 2 is 2.07 bits per heavy atom. The lowest BCUT2D eigenvalue weighted by Gasteiger charge is -2.40. The van der Waals surface area contributed by atoms with Gasteiger partial charge in [-0.15, -0.1) is 11.3 Å². The van der Waals surface area contributed by atoms with Crippen LogP contribution in [0.5, 0.6) is 0 Å². The summed E-state index contributed by atoms with van der Waals surface area (Å²) >= 11 is 0.844. The van der Waals surface area contributed by atoms with E-state index in [4.69, 9.17) is 4.74 Å². The number of fused-ring (bicyclic) bond motifs is 1. The molecule has 11 heteroatoms. The van der Waals surface area contributed by atoms with Gasteiger partial charge in [0.05, 0.1) is 34.0 Å². The van der Waals surface area contributed by atoms with Crippen molar-refractivity contribution in [2.45, 2.75) is 25.1 Å². The van der Waals surface area contributed by atoms with Crippen LogP contribution in [-0.4, -0.2) is 49.8 Å². The van der Waals surface area contributed by atoms with Crippen LogP contribution in [0.2, 0.25) is 0 Å². The highest BCUT2D eigenvalue weighted by Crippen LogP contribution is 2.40. The maximum atomic E-state index is 13.6. The lowest BCUT2D eigenvalue weighted by Crippen LogP contribution is -2.59. The van der Waals surface area contributed by atoms with Crippen molar-refractivity contribution in [3.63, 3.8) is 0 Å². The van der Waals surface area contributed by atoms with Gasteiger partial charge in [0.1, 0.15) is 5.82 Å². The number of carbonyl (C=O) groups is 2. The molecule has 2 aromatic heterocycles. The molecule has 0 unspecified atom stereocenters. The number of amides is 2. The van der Waals surface area contributed by atoms with E-state index >= 15 is 0 Å². The van der Waals surface area contributed by atoms with E-state index in [1.165, 1.54) is 12.4 Å². The smallest absolute Gasteiger partial charge is 0.417 e. The molecule has 29 heavy (non-hydrogen) atoms. The molecule has 2 N–H and O–H groups in total. The van der Waals surface area contributed by atoms with Crippen LogP contribution < -0.4 is 15.5 Å². The number of thiophene rings is 1. The maximum absolute atomic E-state index is 13.6. The summed E-state index contributed by atoms with van der Waals surface area (Å²) in [6.45, 7) is 1.03. The molecule has 0 aromatic carbocycles. The number of nitrogens with zero attached hydrogens (tertiary/aromatic N) is 2. The molecule has 3 heterocycles. The molecular weight excluding hydrogens is 409 g/mol. The molecule has 1 aliphatic heterocycles. The van der Waals surface area contributed by atoms with Gasteiger partial charge in [0.25, 0.3) is 5.91 Å². The summed E-state index contributed by atoms with van der Waals surface area (Å²) in [6, 6.07) is 0.767. The summed E-state index contributed by atoms with van der Waals surface area (Å²) < 4.78 is 45.7. The third-order valence-electron chi connectivity index (χ3n) is 4.96. The van der Waals surface area contributed by atoms with Crippen LogP contribution in [0.1, 0.15) is 28.8 Å². The van der Waals surface area contributed by atoms with Gasteiger partial charge in [-0.25, -0.2) is 9.78 Å². The number of nitrogens with one attached hydrogen (secondary N) is 2. The normalized spacial score (nSPS) is 17.2. The number of hydrogen-bond acceptors (Lipinski definition) is 6. The Bertz CT molecular complexity index is 952. The third kappa shape index (κ3) is 4.09. The molecule has 1 aliphatic carbocycles. The fourth-order valence-corrected chi connectivity index (χ4v) is 4.13. The van der Waals surface area contributed by atoms with Crippen molar-refractivity contribution in [3.8, 4) is 0 Å². The largest absolute Gasteiger partial charge is 0.449 e. The van der Waals surface area contributed by atoms with Gasteiger partial charge in [0.2, 0.25) is 0 Å². The summed E-state index contributed by atoms with van der Waals surface area (Å²) in [7, 11) is 1.41. The fourth-order valence-electron chi connectivity index (χ4n) is 3.11. The van der Waals surface area contributed by atoms with Crippen LogP contribution in [0.15, 0.2) is 11.4 Å². The number of alkyl carbamates (subject to hydrolysis) is 1. The predicted octanol–water partition coefficient (Wildman–Crippen LogP) is 3.00. The van der Waals surface area contributed by atoms with Gasteiger partial charge in [-0.2, -0.15) is 13.2 Å². The van der Waals surface area contributed by atoms with E-state index in [1.807, 2.05) is 0 Å². The van der Waals surface area contributed by atoms with E-state index < -0.39 is 23.7 Å². The highest BCUT2D eigenvalue weighted by atomic mass is 32.1. The second kappa shape index (κ2) is 7.36. The topological polar surface area (TPSA) is 83.6 Å². The zero-order valence-corrected chi connectivity index (χ0v) is 16.3. The summed E-state index contributed by atoms with van der Waals surface area (Å²) in [6.07, 6.45) is -2.95. The first-order valence-electron chi connectivity index (χ1n) is 9.16. The molecule has 1 saturated carbocycles. The number of hydrogen-bond donors (Lipinski definition) is 2. The number of alkyl halides is 3. The zero-order valence-electron chi connectivity index (χ0n) is 15.5. The van der Waals surface area contributed by atoms with E-state index in [0.29, 0.717) is 25.6 Å². The first-order chi connectivity index (χ1) is 13.8. The minimum absolute atomic E-state index is 0.0272. The van der Waals surface area contributed by atoms with E-state index in [1.54, 1.807) is 4.90 Å². The van der Waals surface area contributed by atoms with Crippen LogP contribution in [0.25, 0.3) is 10.2 Å². The van der Waals surface area contributed by atoms with Gasteiger partial charge >= 0.3 is 12.3 Å². The molecule has 4 rings (SSSR count). The monoisotopic (exact) mass is 428 g/mol. The Labute approximate surface area is 168 Å². The first-order valence-corrected chi connectivity index (χ1v) is 10.0. The van der Waals surface area contributed by atoms with Gasteiger partial charge in [0.15, 0.2) is 0 Å². The standard InChI is InChI=1S/C18H19F3N4O3S/c1-22-16(26)11-8-29-15-12(18(19,20)21)4-13(24-14(11)15)25-5-10(6-25)23-17(27)28-7-9-2-3-9/h4,8-10H,2-3,5-7H2,1H3,(H,22,26)(H,23,27). The molecular formula is C18H19F3N4O3S. The molecule has 2 aliphatic rings. The van der Waals surface area contributed by atoms with E-state index in [2.05, 4.69) is 15.6 Å². The Balaban J connectivity index is 1.51. The van der Waals surface area contributed by atoms with Crippen LogP contribution in [-0.2, 0) is 10.9 Å². The third-order valence-corrected chi connectivity index (χ3v) is 5.96. The minimum Gasteiger partial charge on any atom is -0.449 e. The first kappa shape index (κ1) is 19.7. The average molecular weight is 428 g/mol.